The van der Waals surface area contributed by atoms with Crippen LogP contribution in [0.3, 0.4) is 0 Å². The fraction of sp³-hybridized carbons (Fsp3) is 0.267. The van der Waals surface area contributed by atoms with Gasteiger partial charge >= 0.3 is 0 Å². The number of nitrogens with one attached hydrogen (secondary N) is 1. The molecule has 2 N–H and O–H groups in total. The Kier molecular flexibility index (Phi) is 4.79. The van der Waals surface area contributed by atoms with Crippen molar-refractivity contribution in [1.82, 2.24) is 15.3 Å². The summed E-state index contributed by atoms with van der Waals surface area (Å²) < 4.78 is 0. The molecular formula is C15H17N3O2. The molecule has 1 unspecified atom stereocenters. The third kappa shape index (κ3) is 3.39. The van der Waals surface area contributed by atoms with Crippen molar-refractivity contribution >= 4 is 5.91 Å². The summed E-state index contributed by atoms with van der Waals surface area (Å²) in [6.45, 7) is 1.89. The van der Waals surface area contributed by atoms with Gasteiger partial charge in [0.05, 0.1) is 12.6 Å². The van der Waals surface area contributed by atoms with Crippen molar-refractivity contribution in [3.05, 3.63) is 59.7 Å². The summed E-state index contributed by atoms with van der Waals surface area (Å²) in [5.74, 6) is -0.254. The molecule has 0 bridgehead atoms. The second-order valence-corrected chi connectivity index (χ2v) is 4.43. The molecule has 2 heterocycles. The molecule has 0 aliphatic carbocycles. The highest BCUT2D eigenvalue weighted by molar-refractivity contribution is 5.92. The molecular weight excluding hydrogens is 254 g/mol. The van der Waals surface area contributed by atoms with E-state index in [0.29, 0.717) is 11.3 Å². The number of carbonyl (C=O) groups excluding carboxylic acids is 1. The van der Waals surface area contributed by atoms with Gasteiger partial charge in [0, 0.05) is 18.6 Å². The summed E-state index contributed by atoms with van der Waals surface area (Å²) in [5.41, 5.74) is 1.93. The van der Waals surface area contributed by atoms with Gasteiger partial charge in [-0.3, -0.25) is 14.8 Å². The first-order valence-corrected chi connectivity index (χ1v) is 6.51. The highest BCUT2D eigenvalue weighted by Crippen LogP contribution is 2.15. The topological polar surface area (TPSA) is 75.1 Å². The van der Waals surface area contributed by atoms with Gasteiger partial charge in [-0.05, 0) is 35.7 Å². The molecule has 2 rings (SSSR count). The SMILES string of the molecule is CCC(NC(=O)c1cc(CO)ccn1)c1cccnc1. The number of aromatic nitrogens is 2. The van der Waals surface area contributed by atoms with Gasteiger partial charge in [-0.25, -0.2) is 0 Å². The van der Waals surface area contributed by atoms with Crippen molar-refractivity contribution in [2.24, 2.45) is 0 Å². The largest absolute Gasteiger partial charge is 0.392 e. The number of aliphatic hydroxyl groups excluding tert-OH is 1. The summed E-state index contributed by atoms with van der Waals surface area (Å²) >= 11 is 0. The first-order chi connectivity index (χ1) is 9.74. The van der Waals surface area contributed by atoms with Crippen LogP contribution in [0.1, 0.15) is 41.0 Å². The van der Waals surface area contributed by atoms with Crippen LogP contribution in [0.2, 0.25) is 0 Å². The fourth-order valence-corrected chi connectivity index (χ4v) is 1.93. The molecule has 1 amide bonds. The van der Waals surface area contributed by atoms with Gasteiger partial charge in [-0.1, -0.05) is 13.0 Å². The number of hydrogen-bond donors (Lipinski definition) is 2. The Hall–Kier alpha value is -2.27. The number of rotatable bonds is 5. The van der Waals surface area contributed by atoms with Crippen LogP contribution in [-0.4, -0.2) is 21.0 Å². The van der Waals surface area contributed by atoms with Crippen LogP contribution in [0.15, 0.2) is 42.9 Å². The van der Waals surface area contributed by atoms with E-state index >= 15 is 0 Å². The number of hydrogen-bond acceptors (Lipinski definition) is 4. The van der Waals surface area contributed by atoms with Crippen LogP contribution < -0.4 is 5.32 Å². The van der Waals surface area contributed by atoms with E-state index in [1.54, 1.807) is 24.5 Å². The summed E-state index contributed by atoms with van der Waals surface area (Å²) in [5, 5.41) is 12.0. The van der Waals surface area contributed by atoms with Gasteiger partial charge in [-0.15, -0.1) is 0 Å². The van der Waals surface area contributed by atoms with E-state index in [1.165, 1.54) is 6.20 Å². The normalized spacial score (nSPS) is 11.9. The van der Waals surface area contributed by atoms with E-state index in [1.807, 2.05) is 19.1 Å². The molecule has 0 fully saturated rings. The molecule has 20 heavy (non-hydrogen) atoms. The van der Waals surface area contributed by atoms with Crippen LogP contribution in [0.4, 0.5) is 0 Å². The summed E-state index contributed by atoms with van der Waals surface area (Å²) in [4.78, 5) is 20.3. The maximum Gasteiger partial charge on any atom is 0.270 e. The quantitative estimate of drug-likeness (QED) is 0.870. The van der Waals surface area contributed by atoms with Gasteiger partial charge in [0.1, 0.15) is 5.69 Å². The molecule has 0 aliphatic rings. The van der Waals surface area contributed by atoms with Crippen LogP contribution in [0.5, 0.6) is 0 Å². The van der Waals surface area contributed by atoms with E-state index in [2.05, 4.69) is 15.3 Å². The second kappa shape index (κ2) is 6.77. The predicted molar refractivity (Wildman–Crippen MR) is 74.9 cm³/mol. The van der Waals surface area contributed by atoms with Crippen molar-refractivity contribution in [1.29, 1.82) is 0 Å². The molecule has 0 saturated carbocycles. The van der Waals surface area contributed by atoms with E-state index in [-0.39, 0.29) is 18.6 Å². The minimum absolute atomic E-state index is 0.101. The lowest BCUT2D eigenvalue weighted by Gasteiger charge is -2.16. The highest BCUT2D eigenvalue weighted by Gasteiger charge is 2.15. The van der Waals surface area contributed by atoms with Crippen LogP contribution in [0, 0.1) is 0 Å². The van der Waals surface area contributed by atoms with Crippen LogP contribution in [0.25, 0.3) is 0 Å². The lowest BCUT2D eigenvalue weighted by Crippen LogP contribution is -2.29. The van der Waals surface area contributed by atoms with E-state index < -0.39 is 0 Å². The minimum Gasteiger partial charge on any atom is -0.392 e. The number of pyridine rings is 2. The lowest BCUT2D eigenvalue weighted by atomic mass is 10.1. The summed E-state index contributed by atoms with van der Waals surface area (Å²) in [6, 6.07) is 6.93. The molecule has 104 valence electrons. The third-order valence-electron chi connectivity index (χ3n) is 3.04. The molecule has 0 aromatic carbocycles. The Morgan fingerprint density at radius 1 is 1.40 bits per heavy atom. The molecule has 2 aromatic rings. The maximum atomic E-state index is 12.2. The highest BCUT2D eigenvalue weighted by atomic mass is 16.3. The predicted octanol–water partition coefficient (Wildman–Crippen LogP) is 1.85. The molecule has 0 spiro atoms. The maximum absolute atomic E-state index is 12.2. The van der Waals surface area contributed by atoms with Crippen molar-refractivity contribution in [2.75, 3.05) is 0 Å². The standard InChI is InChI=1S/C15H17N3O2/c1-2-13(12-4-3-6-16-9-12)18-15(20)14-8-11(10-19)5-7-17-14/h3-9,13,19H,2,10H2,1H3,(H,18,20). The van der Waals surface area contributed by atoms with Gasteiger partial charge in [0.15, 0.2) is 0 Å². The van der Waals surface area contributed by atoms with Gasteiger partial charge in [0.25, 0.3) is 5.91 Å². The van der Waals surface area contributed by atoms with Crippen LogP contribution in [-0.2, 0) is 6.61 Å². The zero-order valence-electron chi connectivity index (χ0n) is 11.3. The van der Waals surface area contributed by atoms with Gasteiger partial charge < -0.3 is 10.4 Å². The first-order valence-electron chi connectivity index (χ1n) is 6.51. The summed E-state index contributed by atoms with van der Waals surface area (Å²) in [7, 11) is 0. The Bertz CT molecular complexity index is 572. The molecule has 1 atom stereocenters. The Balaban J connectivity index is 2.13. The van der Waals surface area contributed by atoms with Crippen molar-refractivity contribution < 1.29 is 9.90 Å². The molecule has 5 nitrogen and oxygen atoms in total. The van der Waals surface area contributed by atoms with Crippen molar-refractivity contribution in [2.45, 2.75) is 26.0 Å². The zero-order valence-corrected chi connectivity index (χ0v) is 11.3. The first kappa shape index (κ1) is 14.1. The zero-order chi connectivity index (χ0) is 14.4. The summed E-state index contributed by atoms with van der Waals surface area (Å²) in [6.07, 6.45) is 5.72. The average molecular weight is 271 g/mol. The van der Waals surface area contributed by atoms with Crippen molar-refractivity contribution in [3.63, 3.8) is 0 Å². The van der Waals surface area contributed by atoms with Gasteiger partial charge in [0.2, 0.25) is 0 Å². The number of carbonyl (C=O) groups is 1. The molecule has 2 aromatic heterocycles. The van der Waals surface area contributed by atoms with Crippen molar-refractivity contribution in [3.8, 4) is 0 Å². The molecule has 0 aliphatic heterocycles. The minimum atomic E-state index is -0.254. The lowest BCUT2D eigenvalue weighted by molar-refractivity contribution is 0.0930. The van der Waals surface area contributed by atoms with Crippen LogP contribution >= 0.6 is 0 Å². The fourth-order valence-electron chi connectivity index (χ4n) is 1.93. The number of amides is 1. The third-order valence-corrected chi connectivity index (χ3v) is 3.04. The average Bonchev–Trinajstić information content (AvgIpc) is 2.53. The van der Waals surface area contributed by atoms with Gasteiger partial charge in [-0.2, -0.15) is 0 Å². The Labute approximate surface area is 117 Å². The number of nitrogens with zero attached hydrogens (tertiary/aromatic N) is 2. The van der Waals surface area contributed by atoms with E-state index in [0.717, 1.165) is 12.0 Å². The molecule has 0 radical (unpaired) electrons. The number of aliphatic hydroxyl groups is 1. The molecule has 0 saturated heterocycles. The Morgan fingerprint density at radius 3 is 2.90 bits per heavy atom. The Morgan fingerprint density at radius 2 is 2.25 bits per heavy atom. The second-order valence-electron chi connectivity index (χ2n) is 4.43. The monoisotopic (exact) mass is 271 g/mol. The molecule has 5 heteroatoms. The van der Waals surface area contributed by atoms with E-state index in [4.69, 9.17) is 5.11 Å². The smallest absolute Gasteiger partial charge is 0.270 e. The van der Waals surface area contributed by atoms with E-state index in [9.17, 15) is 4.79 Å².